The quantitative estimate of drug-likeness (QED) is 0.814. The van der Waals surface area contributed by atoms with Gasteiger partial charge in [-0.05, 0) is 54.5 Å². The van der Waals surface area contributed by atoms with Crippen LogP contribution in [-0.4, -0.2) is 29.2 Å². The molecule has 0 heterocycles. The highest BCUT2D eigenvalue weighted by molar-refractivity contribution is 6.02. The number of ketones is 1. The molecule has 1 aromatic rings. The third-order valence-electron chi connectivity index (χ3n) is 6.05. The number of phenolic OH excluding ortho intramolecular Hbond substituents is 1. The van der Waals surface area contributed by atoms with Crippen LogP contribution < -0.4 is 4.74 Å². The molecule has 0 amide bonds. The summed E-state index contributed by atoms with van der Waals surface area (Å²) in [6.07, 6.45) is 4.95. The van der Waals surface area contributed by atoms with Crippen molar-refractivity contribution in [1.82, 2.24) is 0 Å². The molecule has 4 heteroatoms. The summed E-state index contributed by atoms with van der Waals surface area (Å²) in [5, 5.41) is 20.3. The van der Waals surface area contributed by atoms with E-state index >= 15 is 0 Å². The van der Waals surface area contributed by atoms with E-state index < -0.39 is 0 Å². The van der Waals surface area contributed by atoms with E-state index in [0.717, 1.165) is 30.4 Å². The first kappa shape index (κ1) is 17.0. The largest absolute Gasteiger partial charge is 0.504 e. The maximum absolute atomic E-state index is 12.8. The Labute approximate surface area is 143 Å². The number of methoxy groups -OCH3 is 1. The van der Waals surface area contributed by atoms with E-state index in [1.54, 1.807) is 18.2 Å². The number of ether oxygens (including phenoxy) is 1. The molecule has 3 rings (SSSR count). The molecule has 0 bridgehead atoms. The van der Waals surface area contributed by atoms with Crippen molar-refractivity contribution < 1.29 is 19.7 Å². The van der Waals surface area contributed by atoms with Gasteiger partial charge in [0.15, 0.2) is 17.3 Å². The molecule has 24 heavy (non-hydrogen) atoms. The molecule has 0 radical (unpaired) electrons. The molecule has 2 N–H and O–H groups in total. The van der Waals surface area contributed by atoms with Crippen molar-refractivity contribution in [3.05, 3.63) is 29.3 Å². The highest BCUT2D eigenvalue weighted by Crippen LogP contribution is 2.53. The van der Waals surface area contributed by atoms with Crippen molar-refractivity contribution in [3.8, 4) is 11.5 Å². The maximum Gasteiger partial charge on any atom is 0.161 e. The van der Waals surface area contributed by atoms with E-state index in [2.05, 4.69) is 6.92 Å². The summed E-state index contributed by atoms with van der Waals surface area (Å²) >= 11 is 0. The SMILES string of the molecule is COc1cc(/C=C2\C[C@@]3(C)C(CCC[C@@H]3O)C(C)C2=O)ccc1O. The Kier molecular flexibility index (Phi) is 4.43. The predicted octanol–water partition coefficient (Wildman–Crippen LogP) is 3.56. The van der Waals surface area contributed by atoms with Crippen LogP contribution in [0.15, 0.2) is 23.8 Å². The number of aliphatic hydroxyl groups excluding tert-OH is 1. The Morgan fingerprint density at radius 3 is 2.79 bits per heavy atom. The lowest BCUT2D eigenvalue weighted by molar-refractivity contribution is -0.133. The Bertz CT molecular complexity index is 678. The summed E-state index contributed by atoms with van der Waals surface area (Å²) in [5.74, 6) is 0.836. The van der Waals surface area contributed by atoms with Gasteiger partial charge < -0.3 is 14.9 Å². The topological polar surface area (TPSA) is 66.8 Å². The summed E-state index contributed by atoms with van der Waals surface area (Å²) in [4.78, 5) is 12.8. The second-order valence-corrected chi connectivity index (χ2v) is 7.49. The van der Waals surface area contributed by atoms with E-state index in [-0.39, 0.29) is 34.9 Å². The second-order valence-electron chi connectivity index (χ2n) is 7.49. The minimum atomic E-state index is -0.357. The van der Waals surface area contributed by atoms with Crippen LogP contribution in [0.2, 0.25) is 0 Å². The zero-order valence-electron chi connectivity index (χ0n) is 14.6. The molecule has 2 aliphatic carbocycles. The number of benzene rings is 1. The van der Waals surface area contributed by atoms with Crippen molar-refractivity contribution in [1.29, 1.82) is 0 Å². The van der Waals surface area contributed by atoms with Crippen LogP contribution in [0.5, 0.6) is 11.5 Å². The lowest BCUT2D eigenvalue weighted by atomic mass is 9.54. The van der Waals surface area contributed by atoms with Crippen molar-refractivity contribution in [2.75, 3.05) is 7.11 Å². The number of rotatable bonds is 2. The number of aliphatic hydroxyl groups is 1. The molecule has 0 saturated heterocycles. The van der Waals surface area contributed by atoms with Crippen LogP contribution in [0.4, 0.5) is 0 Å². The highest BCUT2D eigenvalue weighted by Gasteiger charge is 2.51. The van der Waals surface area contributed by atoms with E-state index in [1.807, 2.05) is 13.0 Å². The third kappa shape index (κ3) is 2.73. The number of Topliss-reactive ketones (excluding diaryl/α,β-unsaturated/α-hetero) is 1. The minimum Gasteiger partial charge on any atom is -0.504 e. The molecule has 130 valence electrons. The van der Waals surface area contributed by atoms with Gasteiger partial charge in [-0.3, -0.25) is 4.79 Å². The first-order valence-electron chi connectivity index (χ1n) is 8.66. The molecule has 0 spiro atoms. The monoisotopic (exact) mass is 330 g/mol. The van der Waals surface area contributed by atoms with Crippen molar-refractivity contribution in [2.24, 2.45) is 17.3 Å². The second kappa shape index (κ2) is 6.25. The van der Waals surface area contributed by atoms with Gasteiger partial charge in [0.25, 0.3) is 0 Å². The Morgan fingerprint density at radius 1 is 1.33 bits per heavy atom. The standard InChI is InChI=1S/C20H26O4/c1-12-15-5-4-6-18(22)20(15,2)11-14(19(12)23)9-13-7-8-16(21)17(10-13)24-3/h7-10,12,15,18,21-22H,4-6,11H2,1-3H3/b14-9+/t12?,15?,18-,20-/m0/s1. The number of hydrogen-bond donors (Lipinski definition) is 2. The van der Waals surface area contributed by atoms with Gasteiger partial charge in [-0.15, -0.1) is 0 Å². The molecule has 4 nitrogen and oxygen atoms in total. The number of allylic oxidation sites excluding steroid dienone is 1. The smallest absolute Gasteiger partial charge is 0.161 e. The lowest BCUT2D eigenvalue weighted by Crippen LogP contribution is -2.51. The number of phenols is 1. The fourth-order valence-corrected chi connectivity index (χ4v) is 4.59. The lowest BCUT2D eigenvalue weighted by Gasteiger charge is -2.51. The Balaban J connectivity index is 1.97. The van der Waals surface area contributed by atoms with E-state index in [9.17, 15) is 15.0 Å². The molecule has 4 atom stereocenters. The first-order valence-corrected chi connectivity index (χ1v) is 8.66. The van der Waals surface area contributed by atoms with Crippen LogP contribution >= 0.6 is 0 Å². The predicted molar refractivity (Wildman–Crippen MR) is 92.9 cm³/mol. The average Bonchev–Trinajstić information content (AvgIpc) is 2.56. The number of aromatic hydroxyl groups is 1. The molecule has 2 unspecified atom stereocenters. The fourth-order valence-electron chi connectivity index (χ4n) is 4.59. The number of fused-ring (bicyclic) bond motifs is 1. The summed E-state index contributed by atoms with van der Waals surface area (Å²) in [6.45, 7) is 4.11. The third-order valence-corrected chi connectivity index (χ3v) is 6.05. The maximum atomic E-state index is 12.8. The summed E-state index contributed by atoms with van der Waals surface area (Å²) < 4.78 is 5.14. The summed E-state index contributed by atoms with van der Waals surface area (Å²) in [6, 6.07) is 5.07. The van der Waals surface area contributed by atoms with E-state index in [0.29, 0.717) is 12.2 Å². The minimum absolute atomic E-state index is 0.0658. The number of carbonyl (C=O) groups is 1. The molecular weight excluding hydrogens is 304 g/mol. The van der Waals surface area contributed by atoms with Crippen molar-refractivity contribution >= 4 is 11.9 Å². The molecule has 0 aliphatic heterocycles. The fraction of sp³-hybridized carbons (Fsp3) is 0.550. The van der Waals surface area contributed by atoms with E-state index in [1.165, 1.54) is 7.11 Å². The number of hydrogen-bond acceptors (Lipinski definition) is 4. The molecule has 0 aromatic heterocycles. The molecular formula is C20H26O4. The van der Waals surface area contributed by atoms with Crippen molar-refractivity contribution in [3.63, 3.8) is 0 Å². The van der Waals surface area contributed by atoms with Gasteiger partial charge in [-0.2, -0.15) is 0 Å². The van der Waals surface area contributed by atoms with Crippen LogP contribution in [0.3, 0.4) is 0 Å². The van der Waals surface area contributed by atoms with Gasteiger partial charge in [0.1, 0.15) is 0 Å². The van der Waals surface area contributed by atoms with Crippen LogP contribution in [0, 0.1) is 17.3 Å². The van der Waals surface area contributed by atoms with Crippen LogP contribution in [-0.2, 0) is 4.79 Å². The van der Waals surface area contributed by atoms with Gasteiger partial charge in [-0.1, -0.05) is 26.3 Å². The van der Waals surface area contributed by atoms with Gasteiger partial charge in [-0.25, -0.2) is 0 Å². The van der Waals surface area contributed by atoms with E-state index in [4.69, 9.17) is 4.74 Å². The van der Waals surface area contributed by atoms with Gasteiger partial charge in [0, 0.05) is 11.3 Å². The zero-order chi connectivity index (χ0) is 17.5. The summed E-state index contributed by atoms with van der Waals surface area (Å²) in [7, 11) is 1.50. The number of carbonyl (C=O) groups excluding carboxylic acids is 1. The van der Waals surface area contributed by atoms with Crippen LogP contribution in [0.25, 0.3) is 6.08 Å². The average molecular weight is 330 g/mol. The van der Waals surface area contributed by atoms with Gasteiger partial charge in [0.2, 0.25) is 0 Å². The van der Waals surface area contributed by atoms with Crippen molar-refractivity contribution in [2.45, 2.75) is 45.6 Å². The highest BCUT2D eigenvalue weighted by atomic mass is 16.5. The summed E-state index contributed by atoms with van der Waals surface area (Å²) in [5.41, 5.74) is 1.35. The van der Waals surface area contributed by atoms with Gasteiger partial charge >= 0.3 is 0 Å². The van der Waals surface area contributed by atoms with Crippen LogP contribution in [0.1, 0.15) is 45.1 Å². The molecule has 2 saturated carbocycles. The molecule has 2 aliphatic rings. The molecule has 1 aromatic carbocycles. The normalized spacial score (nSPS) is 34.9. The van der Waals surface area contributed by atoms with Gasteiger partial charge in [0.05, 0.1) is 13.2 Å². The zero-order valence-corrected chi connectivity index (χ0v) is 14.6. The Hall–Kier alpha value is -1.81. The first-order chi connectivity index (χ1) is 11.4. The Morgan fingerprint density at radius 2 is 2.08 bits per heavy atom. The molecule has 2 fully saturated rings.